The molecule has 1 amide bonds. The van der Waals surface area contributed by atoms with Crippen LogP contribution in [0.25, 0.3) is 10.9 Å². The molecule has 1 heterocycles. The smallest absolute Gasteiger partial charge is 0.271 e. The lowest BCUT2D eigenvalue weighted by Crippen LogP contribution is -2.16. The number of nitrogen functional groups attached to an aromatic ring is 1. The Morgan fingerprint density at radius 3 is 2.73 bits per heavy atom. The van der Waals surface area contributed by atoms with E-state index in [0.29, 0.717) is 15.9 Å². The van der Waals surface area contributed by atoms with Crippen molar-refractivity contribution < 1.29 is 4.79 Å². The number of nitrogens with zero attached hydrogens (tertiary/aromatic N) is 2. The minimum absolute atomic E-state index is 0.0233. The number of benzene rings is 1. The molecule has 1 aromatic carbocycles. The molecule has 0 radical (unpaired) electrons. The summed E-state index contributed by atoms with van der Waals surface area (Å²) in [6.07, 6.45) is 0. The van der Waals surface area contributed by atoms with Gasteiger partial charge in [-0.05, 0) is 18.2 Å². The second-order valence-corrected chi connectivity index (χ2v) is 3.42. The maximum absolute atomic E-state index is 10.9. The molecule has 0 atom stereocenters. The molecule has 0 spiro atoms. The molecule has 0 bridgehead atoms. The van der Waals surface area contributed by atoms with Crippen LogP contribution in [-0.2, 0) is 0 Å². The van der Waals surface area contributed by atoms with Crippen LogP contribution in [0.1, 0.15) is 10.5 Å². The van der Waals surface area contributed by atoms with Crippen molar-refractivity contribution in [3.05, 3.63) is 28.9 Å². The minimum Gasteiger partial charge on any atom is -0.396 e. The highest BCUT2D eigenvalue weighted by atomic mass is 35.5. The van der Waals surface area contributed by atoms with E-state index >= 15 is 0 Å². The number of primary amides is 1. The van der Waals surface area contributed by atoms with Crippen molar-refractivity contribution >= 4 is 34.1 Å². The Balaban J connectivity index is 2.80. The first kappa shape index (κ1) is 9.67. The standard InChI is InChI=1S/C9H7ClN4O/c10-4-1-2-5-6(3-4)13-14-8(7(5)11)9(12)15/h1-3H,(H2,11,13)(H2,12,15). The third-order valence-electron chi connectivity index (χ3n) is 2.00. The Kier molecular flexibility index (Phi) is 2.17. The number of hydrogen-bond acceptors (Lipinski definition) is 4. The van der Waals surface area contributed by atoms with Crippen LogP contribution in [0.5, 0.6) is 0 Å². The molecule has 0 saturated carbocycles. The lowest BCUT2D eigenvalue weighted by molar-refractivity contribution is 0.0996. The molecule has 0 aliphatic heterocycles. The van der Waals surface area contributed by atoms with Gasteiger partial charge in [-0.2, -0.15) is 0 Å². The molecule has 15 heavy (non-hydrogen) atoms. The molecule has 6 heteroatoms. The summed E-state index contributed by atoms with van der Waals surface area (Å²) in [5.41, 5.74) is 11.5. The van der Waals surface area contributed by atoms with Gasteiger partial charge in [-0.1, -0.05) is 11.6 Å². The molecule has 4 N–H and O–H groups in total. The van der Waals surface area contributed by atoms with Crippen LogP contribution in [0.4, 0.5) is 5.69 Å². The van der Waals surface area contributed by atoms with Gasteiger partial charge >= 0.3 is 0 Å². The van der Waals surface area contributed by atoms with Gasteiger partial charge in [-0.3, -0.25) is 4.79 Å². The van der Waals surface area contributed by atoms with Crippen molar-refractivity contribution in [1.82, 2.24) is 10.2 Å². The van der Waals surface area contributed by atoms with Crippen LogP contribution in [0.3, 0.4) is 0 Å². The average Bonchev–Trinajstić information content (AvgIpc) is 2.17. The summed E-state index contributed by atoms with van der Waals surface area (Å²) in [7, 11) is 0. The molecule has 1 aromatic heterocycles. The molecular formula is C9H7ClN4O. The zero-order valence-corrected chi connectivity index (χ0v) is 8.32. The van der Waals surface area contributed by atoms with E-state index in [1.54, 1.807) is 18.2 Å². The van der Waals surface area contributed by atoms with E-state index in [4.69, 9.17) is 23.1 Å². The van der Waals surface area contributed by atoms with Gasteiger partial charge < -0.3 is 11.5 Å². The van der Waals surface area contributed by atoms with Crippen molar-refractivity contribution in [2.75, 3.05) is 5.73 Å². The van der Waals surface area contributed by atoms with Gasteiger partial charge in [0.05, 0.1) is 11.2 Å². The zero-order valence-electron chi connectivity index (χ0n) is 7.57. The summed E-state index contributed by atoms with van der Waals surface area (Å²) in [5.74, 6) is -0.697. The van der Waals surface area contributed by atoms with Crippen LogP contribution >= 0.6 is 11.6 Å². The summed E-state index contributed by atoms with van der Waals surface area (Å²) in [5, 5.41) is 8.59. The van der Waals surface area contributed by atoms with Gasteiger partial charge in [0.2, 0.25) is 0 Å². The largest absolute Gasteiger partial charge is 0.396 e. The number of hydrogen-bond donors (Lipinski definition) is 2. The van der Waals surface area contributed by atoms with Crippen molar-refractivity contribution in [1.29, 1.82) is 0 Å². The normalized spacial score (nSPS) is 10.5. The lowest BCUT2D eigenvalue weighted by atomic mass is 10.1. The quantitative estimate of drug-likeness (QED) is 0.751. The summed E-state index contributed by atoms with van der Waals surface area (Å²) in [4.78, 5) is 10.9. The molecule has 2 aromatic rings. The van der Waals surface area contributed by atoms with E-state index in [1.165, 1.54) is 0 Å². The van der Waals surface area contributed by atoms with Crippen LogP contribution in [0, 0.1) is 0 Å². The number of carbonyl (C=O) groups excluding carboxylic acids is 1. The molecule has 0 aliphatic rings. The summed E-state index contributed by atoms with van der Waals surface area (Å²) < 4.78 is 0. The second kappa shape index (κ2) is 3.36. The first-order valence-electron chi connectivity index (χ1n) is 4.11. The van der Waals surface area contributed by atoms with Crippen LogP contribution in [-0.4, -0.2) is 16.1 Å². The fraction of sp³-hybridized carbons (Fsp3) is 0. The number of halogens is 1. The van der Waals surface area contributed by atoms with Gasteiger partial charge in [0.25, 0.3) is 5.91 Å². The Morgan fingerprint density at radius 2 is 2.07 bits per heavy atom. The number of anilines is 1. The molecule has 76 valence electrons. The highest BCUT2D eigenvalue weighted by molar-refractivity contribution is 6.31. The van der Waals surface area contributed by atoms with Crippen molar-refractivity contribution in [2.45, 2.75) is 0 Å². The van der Waals surface area contributed by atoms with Crippen molar-refractivity contribution in [2.24, 2.45) is 5.73 Å². The summed E-state index contributed by atoms with van der Waals surface area (Å²) in [6.45, 7) is 0. The molecule has 0 unspecified atom stereocenters. The average molecular weight is 223 g/mol. The van der Waals surface area contributed by atoms with E-state index in [9.17, 15) is 4.79 Å². The Labute approximate surface area is 90.0 Å². The van der Waals surface area contributed by atoms with Crippen LogP contribution in [0.2, 0.25) is 5.02 Å². The van der Waals surface area contributed by atoms with Gasteiger partial charge in [-0.25, -0.2) is 0 Å². The maximum Gasteiger partial charge on any atom is 0.271 e. The lowest BCUT2D eigenvalue weighted by Gasteiger charge is -2.03. The Bertz CT molecular complexity index is 555. The molecule has 2 rings (SSSR count). The molecule has 5 nitrogen and oxygen atoms in total. The van der Waals surface area contributed by atoms with E-state index in [2.05, 4.69) is 10.2 Å². The van der Waals surface area contributed by atoms with Crippen LogP contribution in [0.15, 0.2) is 18.2 Å². The SMILES string of the molecule is NC(=O)c1nnc2cc(Cl)ccc2c1N. The zero-order chi connectivity index (χ0) is 11.0. The Morgan fingerprint density at radius 1 is 1.33 bits per heavy atom. The number of fused-ring (bicyclic) bond motifs is 1. The third kappa shape index (κ3) is 1.57. The third-order valence-corrected chi connectivity index (χ3v) is 2.23. The molecule has 0 aliphatic carbocycles. The number of aromatic nitrogens is 2. The van der Waals surface area contributed by atoms with Gasteiger partial charge in [0.1, 0.15) is 0 Å². The molecular weight excluding hydrogens is 216 g/mol. The first-order valence-corrected chi connectivity index (χ1v) is 4.48. The number of rotatable bonds is 1. The van der Waals surface area contributed by atoms with Gasteiger partial charge in [0, 0.05) is 10.4 Å². The van der Waals surface area contributed by atoms with E-state index in [-0.39, 0.29) is 11.4 Å². The molecule has 0 saturated heterocycles. The highest BCUT2D eigenvalue weighted by Crippen LogP contribution is 2.23. The van der Waals surface area contributed by atoms with E-state index < -0.39 is 5.91 Å². The summed E-state index contributed by atoms with van der Waals surface area (Å²) in [6, 6.07) is 4.95. The Hall–Kier alpha value is -1.88. The highest BCUT2D eigenvalue weighted by Gasteiger charge is 2.12. The van der Waals surface area contributed by atoms with Crippen molar-refractivity contribution in [3.63, 3.8) is 0 Å². The maximum atomic E-state index is 10.9. The fourth-order valence-electron chi connectivity index (χ4n) is 1.28. The summed E-state index contributed by atoms with van der Waals surface area (Å²) >= 11 is 5.77. The predicted octanol–water partition coefficient (Wildman–Crippen LogP) is 0.964. The monoisotopic (exact) mass is 222 g/mol. The fourth-order valence-corrected chi connectivity index (χ4v) is 1.45. The first-order chi connectivity index (χ1) is 7.09. The predicted molar refractivity (Wildman–Crippen MR) is 57.5 cm³/mol. The number of nitrogens with two attached hydrogens (primary N) is 2. The minimum atomic E-state index is -0.697. The van der Waals surface area contributed by atoms with E-state index in [0.717, 1.165) is 0 Å². The topological polar surface area (TPSA) is 94.9 Å². The van der Waals surface area contributed by atoms with E-state index in [1.807, 2.05) is 0 Å². The second-order valence-electron chi connectivity index (χ2n) is 2.99. The van der Waals surface area contributed by atoms with Crippen LogP contribution < -0.4 is 11.5 Å². The van der Waals surface area contributed by atoms with Gasteiger partial charge in [-0.15, -0.1) is 10.2 Å². The molecule has 0 fully saturated rings. The number of amides is 1. The van der Waals surface area contributed by atoms with Gasteiger partial charge in [0.15, 0.2) is 5.69 Å². The number of carbonyl (C=O) groups is 1. The van der Waals surface area contributed by atoms with Crippen molar-refractivity contribution in [3.8, 4) is 0 Å².